The average Bonchev–Trinajstić information content (AvgIpc) is 3.09. The molecule has 0 atom stereocenters. The van der Waals surface area contributed by atoms with Crippen molar-refractivity contribution in [1.82, 2.24) is 4.98 Å². The normalized spacial score (nSPS) is 10.4. The number of hydrogen-bond acceptors (Lipinski definition) is 5. The molecule has 0 aliphatic carbocycles. The van der Waals surface area contributed by atoms with Crippen LogP contribution in [0.3, 0.4) is 0 Å². The number of anilines is 1. The predicted molar refractivity (Wildman–Crippen MR) is 97.6 cm³/mol. The van der Waals surface area contributed by atoms with Crippen molar-refractivity contribution in [2.45, 2.75) is 6.92 Å². The van der Waals surface area contributed by atoms with Crippen molar-refractivity contribution in [2.24, 2.45) is 0 Å². The summed E-state index contributed by atoms with van der Waals surface area (Å²) in [6, 6.07) is 12.8. The summed E-state index contributed by atoms with van der Waals surface area (Å²) < 4.78 is 17.9. The molecule has 0 bridgehead atoms. The van der Waals surface area contributed by atoms with Gasteiger partial charge in [-0.3, -0.25) is 10.1 Å². The van der Waals surface area contributed by atoms with Crippen molar-refractivity contribution < 1.29 is 18.7 Å². The molecule has 1 amide bonds. The first kappa shape index (κ1) is 17.8. The number of aryl methyl sites for hydroxylation is 1. The van der Waals surface area contributed by atoms with Gasteiger partial charge < -0.3 is 4.74 Å². The van der Waals surface area contributed by atoms with Crippen LogP contribution >= 0.6 is 11.3 Å². The molecule has 0 saturated heterocycles. The van der Waals surface area contributed by atoms with Crippen LogP contribution in [-0.2, 0) is 9.53 Å². The van der Waals surface area contributed by atoms with E-state index in [1.54, 1.807) is 41.8 Å². The molecule has 26 heavy (non-hydrogen) atoms. The summed E-state index contributed by atoms with van der Waals surface area (Å²) in [6.07, 6.45) is 0. The zero-order valence-electron chi connectivity index (χ0n) is 13.9. The molecule has 0 aliphatic rings. The molecule has 1 heterocycles. The number of halogens is 1. The highest BCUT2D eigenvalue weighted by atomic mass is 32.1. The smallest absolute Gasteiger partial charge is 0.338 e. The van der Waals surface area contributed by atoms with Crippen molar-refractivity contribution >= 4 is 28.3 Å². The van der Waals surface area contributed by atoms with Crippen LogP contribution in [-0.4, -0.2) is 23.5 Å². The first-order valence-corrected chi connectivity index (χ1v) is 8.64. The third-order valence-electron chi connectivity index (χ3n) is 3.51. The third kappa shape index (κ3) is 4.52. The van der Waals surface area contributed by atoms with Gasteiger partial charge in [0.1, 0.15) is 5.82 Å². The Bertz CT molecular complexity index is 921. The van der Waals surface area contributed by atoms with Crippen LogP contribution in [0.1, 0.15) is 15.9 Å². The van der Waals surface area contributed by atoms with Gasteiger partial charge in [0.15, 0.2) is 11.7 Å². The molecule has 0 unspecified atom stereocenters. The maximum absolute atomic E-state index is 13.0. The third-order valence-corrected chi connectivity index (χ3v) is 4.27. The Morgan fingerprint density at radius 3 is 2.50 bits per heavy atom. The lowest BCUT2D eigenvalue weighted by molar-refractivity contribution is -0.119. The van der Waals surface area contributed by atoms with E-state index in [0.717, 1.165) is 11.1 Å². The lowest BCUT2D eigenvalue weighted by Crippen LogP contribution is -2.20. The van der Waals surface area contributed by atoms with Crippen molar-refractivity contribution in [2.75, 3.05) is 11.9 Å². The highest BCUT2D eigenvalue weighted by molar-refractivity contribution is 7.14. The highest BCUT2D eigenvalue weighted by Crippen LogP contribution is 2.24. The van der Waals surface area contributed by atoms with E-state index in [4.69, 9.17) is 4.74 Å². The Morgan fingerprint density at radius 2 is 1.81 bits per heavy atom. The molecule has 5 nitrogen and oxygen atoms in total. The molecule has 0 fully saturated rings. The van der Waals surface area contributed by atoms with Gasteiger partial charge >= 0.3 is 5.97 Å². The maximum Gasteiger partial charge on any atom is 0.338 e. The number of aromatic nitrogens is 1. The van der Waals surface area contributed by atoms with Gasteiger partial charge in [-0.25, -0.2) is 14.2 Å². The second-order valence-corrected chi connectivity index (χ2v) is 6.39. The second kappa shape index (κ2) is 7.88. The van der Waals surface area contributed by atoms with Crippen LogP contribution in [0.15, 0.2) is 53.9 Å². The Labute approximate surface area is 153 Å². The Kier molecular flexibility index (Phi) is 5.38. The Hall–Kier alpha value is -3.06. The minimum Gasteiger partial charge on any atom is -0.452 e. The molecule has 7 heteroatoms. The quantitative estimate of drug-likeness (QED) is 0.688. The summed E-state index contributed by atoms with van der Waals surface area (Å²) in [4.78, 5) is 28.1. The van der Waals surface area contributed by atoms with E-state index in [9.17, 15) is 14.0 Å². The van der Waals surface area contributed by atoms with Gasteiger partial charge in [0.25, 0.3) is 5.91 Å². The van der Waals surface area contributed by atoms with Gasteiger partial charge in [-0.15, -0.1) is 11.3 Å². The summed E-state index contributed by atoms with van der Waals surface area (Å²) in [6.45, 7) is 1.51. The first-order valence-electron chi connectivity index (χ1n) is 7.76. The lowest BCUT2D eigenvalue weighted by Gasteiger charge is -2.05. The number of ether oxygens (including phenoxy) is 1. The van der Waals surface area contributed by atoms with Gasteiger partial charge in [-0.1, -0.05) is 17.7 Å². The van der Waals surface area contributed by atoms with Crippen molar-refractivity contribution in [3.63, 3.8) is 0 Å². The van der Waals surface area contributed by atoms with E-state index in [1.807, 2.05) is 6.92 Å². The maximum atomic E-state index is 13.0. The minimum atomic E-state index is -0.564. The fraction of sp³-hybridized carbons (Fsp3) is 0.105. The molecular weight excluding hydrogens is 355 g/mol. The lowest BCUT2D eigenvalue weighted by atomic mass is 10.1. The van der Waals surface area contributed by atoms with Crippen molar-refractivity contribution in [3.8, 4) is 11.3 Å². The second-order valence-electron chi connectivity index (χ2n) is 5.54. The summed E-state index contributed by atoms with van der Waals surface area (Å²) in [5.41, 5.74) is 2.78. The van der Waals surface area contributed by atoms with E-state index in [1.165, 1.54) is 23.5 Å². The molecule has 1 aromatic heterocycles. The van der Waals surface area contributed by atoms with Crippen LogP contribution < -0.4 is 5.32 Å². The summed E-state index contributed by atoms with van der Waals surface area (Å²) >= 11 is 1.23. The number of hydrogen-bond donors (Lipinski definition) is 1. The molecule has 0 radical (unpaired) electrons. The molecule has 2 aromatic carbocycles. The van der Waals surface area contributed by atoms with E-state index in [-0.39, 0.29) is 5.82 Å². The topological polar surface area (TPSA) is 68.3 Å². The van der Waals surface area contributed by atoms with Gasteiger partial charge in [-0.2, -0.15) is 0 Å². The van der Waals surface area contributed by atoms with Crippen LogP contribution in [0.2, 0.25) is 0 Å². The number of benzene rings is 2. The van der Waals surface area contributed by atoms with E-state index in [0.29, 0.717) is 16.4 Å². The van der Waals surface area contributed by atoms with E-state index < -0.39 is 18.5 Å². The predicted octanol–water partition coefficient (Wildman–Crippen LogP) is 4.05. The molecule has 132 valence electrons. The fourth-order valence-electron chi connectivity index (χ4n) is 2.14. The number of amides is 1. The minimum absolute atomic E-state index is 0.326. The van der Waals surface area contributed by atoms with Crippen LogP contribution in [0.4, 0.5) is 9.52 Å². The van der Waals surface area contributed by atoms with E-state index >= 15 is 0 Å². The van der Waals surface area contributed by atoms with Gasteiger partial charge in [0.2, 0.25) is 0 Å². The number of carbonyl (C=O) groups excluding carboxylic acids is 2. The number of thiazole rings is 1. The zero-order valence-corrected chi connectivity index (χ0v) is 14.7. The SMILES string of the molecule is Cc1ccc(C(=O)OCC(=O)Nc2nc(-c3ccc(F)cc3)cs2)cc1. The first-order chi connectivity index (χ1) is 12.5. The molecule has 0 aliphatic heterocycles. The molecule has 3 aromatic rings. The summed E-state index contributed by atoms with van der Waals surface area (Å²) in [7, 11) is 0. The van der Waals surface area contributed by atoms with Crippen molar-refractivity contribution in [1.29, 1.82) is 0 Å². The molecule has 0 spiro atoms. The van der Waals surface area contributed by atoms with Crippen LogP contribution in [0.5, 0.6) is 0 Å². The number of nitrogens with zero attached hydrogens (tertiary/aromatic N) is 1. The standard InChI is InChI=1S/C19H15FN2O3S/c1-12-2-4-14(5-3-12)18(24)25-10-17(23)22-19-21-16(11-26-19)13-6-8-15(20)9-7-13/h2-9,11H,10H2,1H3,(H,21,22,23). The molecular formula is C19H15FN2O3S. The number of rotatable bonds is 5. The average molecular weight is 370 g/mol. The molecule has 1 N–H and O–H groups in total. The Balaban J connectivity index is 1.54. The van der Waals surface area contributed by atoms with Crippen LogP contribution in [0.25, 0.3) is 11.3 Å². The number of esters is 1. The largest absolute Gasteiger partial charge is 0.452 e. The van der Waals surface area contributed by atoms with Gasteiger partial charge in [-0.05, 0) is 43.3 Å². The van der Waals surface area contributed by atoms with Gasteiger partial charge in [0.05, 0.1) is 11.3 Å². The zero-order chi connectivity index (χ0) is 18.5. The van der Waals surface area contributed by atoms with Gasteiger partial charge in [0, 0.05) is 10.9 Å². The number of nitrogens with one attached hydrogen (secondary N) is 1. The number of carbonyl (C=O) groups is 2. The molecule has 0 saturated carbocycles. The summed E-state index contributed by atoms with van der Waals surface area (Å²) in [5, 5.41) is 4.70. The summed E-state index contributed by atoms with van der Waals surface area (Å²) in [5.74, 6) is -1.37. The van der Waals surface area contributed by atoms with E-state index in [2.05, 4.69) is 10.3 Å². The Morgan fingerprint density at radius 1 is 1.12 bits per heavy atom. The highest BCUT2D eigenvalue weighted by Gasteiger charge is 2.12. The van der Waals surface area contributed by atoms with Crippen molar-refractivity contribution in [3.05, 3.63) is 70.9 Å². The molecule has 3 rings (SSSR count). The fourth-order valence-corrected chi connectivity index (χ4v) is 2.88. The monoisotopic (exact) mass is 370 g/mol. The van der Waals surface area contributed by atoms with Crippen LogP contribution in [0, 0.1) is 12.7 Å².